The van der Waals surface area contributed by atoms with E-state index < -0.39 is 15.8 Å². The van der Waals surface area contributed by atoms with Gasteiger partial charge in [0.1, 0.15) is 11.6 Å². The van der Waals surface area contributed by atoms with Crippen LogP contribution in [0.25, 0.3) is 0 Å². The van der Waals surface area contributed by atoms with Crippen LogP contribution in [0.4, 0.5) is 4.39 Å². The van der Waals surface area contributed by atoms with Crippen LogP contribution in [-0.4, -0.2) is 49.0 Å². The summed E-state index contributed by atoms with van der Waals surface area (Å²) in [4.78, 5) is 2.40. The van der Waals surface area contributed by atoms with E-state index in [4.69, 9.17) is 4.52 Å². The van der Waals surface area contributed by atoms with Crippen molar-refractivity contribution in [3.05, 3.63) is 46.6 Å². The molecule has 1 aliphatic heterocycles. The SMILES string of the molecule is Cc1cc(F)ccc1S(=O)(=O)N1CCCN(Cc2c(C)noc2C)CC1. The zero-order chi connectivity index (χ0) is 18.9. The Balaban J connectivity index is 1.73. The number of halogens is 1. The van der Waals surface area contributed by atoms with E-state index in [0.717, 1.165) is 30.0 Å². The van der Waals surface area contributed by atoms with Crippen molar-refractivity contribution in [3.8, 4) is 0 Å². The van der Waals surface area contributed by atoms with Gasteiger partial charge >= 0.3 is 0 Å². The van der Waals surface area contributed by atoms with E-state index in [1.165, 1.54) is 22.5 Å². The number of sulfonamides is 1. The highest BCUT2D eigenvalue weighted by atomic mass is 32.2. The van der Waals surface area contributed by atoms with Gasteiger partial charge in [-0.3, -0.25) is 4.90 Å². The molecule has 0 amide bonds. The van der Waals surface area contributed by atoms with Crippen LogP contribution in [-0.2, 0) is 16.6 Å². The Labute approximate surface area is 153 Å². The third-order valence-corrected chi connectivity index (χ3v) is 6.92. The molecule has 26 heavy (non-hydrogen) atoms. The minimum atomic E-state index is -3.63. The second-order valence-corrected chi connectivity index (χ2v) is 8.65. The number of hydrogen-bond acceptors (Lipinski definition) is 5. The number of rotatable bonds is 4. The van der Waals surface area contributed by atoms with Crippen LogP contribution in [0, 0.1) is 26.6 Å². The van der Waals surface area contributed by atoms with Crippen LogP contribution in [0.1, 0.15) is 29.0 Å². The predicted octanol–water partition coefficient (Wildman–Crippen LogP) is 2.64. The van der Waals surface area contributed by atoms with Crippen molar-refractivity contribution < 1.29 is 17.3 Å². The standard InChI is InChI=1S/C18H24FN3O3S/c1-13-11-16(19)5-6-18(13)26(23,24)22-8-4-7-21(9-10-22)12-17-14(2)20-25-15(17)3/h5-6,11H,4,7-10,12H2,1-3H3. The highest BCUT2D eigenvalue weighted by Gasteiger charge is 2.28. The van der Waals surface area contributed by atoms with Gasteiger partial charge in [-0.25, -0.2) is 12.8 Å². The highest BCUT2D eigenvalue weighted by Crippen LogP contribution is 2.23. The molecule has 1 aromatic heterocycles. The van der Waals surface area contributed by atoms with Gasteiger partial charge in [0, 0.05) is 31.7 Å². The van der Waals surface area contributed by atoms with E-state index in [2.05, 4.69) is 10.1 Å². The lowest BCUT2D eigenvalue weighted by molar-refractivity contribution is 0.276. The van der Waals surface area contributed by atoms with Crippen LogP contribution in [0.5, 0.6) is 0 Å². The Bertz CT molecular complexity index is 876. The normalized spacial score (nSPS) is 17.4. The van der Waals surface area contributed by atoms with E-state index in [9.17, 15) is 12.8 Å². The smallest absolute Gasteiger partial charge is 0.243 e. The zero-order valence-electron chi connectivity index (χ0n) is 15.3. The lowest BCUT2D eigenvalue weighted by Crippen LogP contribution is -2.35. The van der Waals surface area contributed by atoms with Crippen molar-refractivity contribution in [2.24, 2.45) is 0 Å². The molecule has 3 rings (SSSR count). The minimum Gasteiger partial charge on any atom is -0.361 e. The molecule has 0 unspecified atom stereocenters. The van der Waals surface area contributed by atoms with E-state index in [-0.39, 0.29) is 4.90 Å². The first-order chi connectivity index (χ1) is 12.3. The molecule has 0 radical (unpaired) electrons. The second-order valence-electron chi connectivity index (χ2n) is 6.75. The average molecular weight is 381 g/mol. The molecule has 0 spiro atoms. The molecule has 6 nitrogen and oxygen atoms in total. The lowest BCUT2D eigenvalue weighted by atomic mass is 10.2. The van der Waals surface area contributed by atoms with Crippen LogP contribution < -0.4 is 0 Å². The molecule has 0 N–H and O–H groups in total. The summed E-state index contributed by atoms with van der Waals surface area (Å²) in [5.41, 5.74) is 2.37. The monoisotopic (exact) mass is 381 g/mol. The molecule has 8 heteroatoms. The fourth-order valence-corrected chi connectivity index (χ4v) is 5.01. The average Bonchev–Trinajstić information content (AvgIpc) is 2.77. The molecule has 1 aromatic carbocycles. The molecule has 0 saturated carbocycles. The summed E-state index contributed by atoms with van der Waals surface area (Å²) in [6, 6.07) is 3.81. The van der Waals surface area contributed by atoms with Gasteiger partial charge in [-0.15, -0.1) is 0 Å². The van der Waals surface area contributed by atoms with Crippen LogP contribution in [0.3, 0.4) is 0 Å². The molecular weight excluding hydrogens is 357 g/mol. The van der Waals surface area contributed by atoms with Crippen LogP contribution in [0.15, 0.2) is 27.6 Å². The number of hydrogen-bond donors (Lipinski definition) is 0. The van der Waals surface area contributed by atoms with Crippen molar-refractivity contribution in [2.45, 2.75) is 38.6 Å². The van der Waals surface area contributed by atoms with Crippen molar-refractivity contribution in [2.75, 3.05) is 26.2 Å². The molecule has 2 aromatic rings. The number of benzene rings is 1. The topological polar surface area (TPSA) is 66.7 Å². The first-order valence-corrected chi connectivity index (χ1v) is 10.1. The molecule has 1 aliphatic rings. The molecule has 142 valence electrons. The summed E-state index contributed by atoms with van der Waals surface area (Å²) < 4.78 is 46.0. The quantitative estimate of drug-likeness (QED) is 0.815. The Hall–Kier alpha value is -1.77. The molecule has 2 heterocycles. The summed E-state index contributed by atoms with van der Waals surface area (Å²) in [7, 11) is -3.63. The second kappa shape index (κ2) is 7.46. The van der Waals surface area contributed by atoms with Crippen LogP contribution >= 0.6 is 0 Å². The molecule has 0 atom stereocenters. The fraction of sp³-hybridized carbons (Fsp3) is 0.500. The minimum absolute atomic E-state index is 0.179. The predicted molar refractivity (Wildman–Crippen MR) is 95.8 cm³/mol. The van der Waals surface area contributed by atoms with Gasteiger partial charge in [0.2, 0.25) is 10.0 Å². The highest BCUT2D eigenvalue weighted by molar-refractivity contribution is 7.89. The molecule has 0 bridgehead atoms. The lowest BCUT2D eigenvalue weighted by Gasteiger charge is -2.22. The van der Waals surface area contributed by atoms with Gasteiger partial charge in [-0.2, -0.15) is 4.31 Å². The van der Waals surface area contributed by atoms with Gasteiger partial charge in [-0.05, 0) is 57.5 Å². The third kappa shape index (κ3) is 3.82. The van der Waals surface area contributed by atoms with Crippen molar-refractivity contribution >= 4 is 10.0 Å². The van der Waals surface area contributed by atoms with Gasteiger partial charge in [0.25, 0.3) is 0 Å². The summed E-state index contributed by atoms with van der Waals surface area (Å²) >= 11 is 0. The molecule has 1 fully saturated rings. The Morgan fingerprint density at radius 2 is 1.92 bits per heavy atom. The van der Waals surface area contributed by atoms with E-state index in [1.54, 1.807) is 6.92 Å². The largest absolute Gasteiger partial charge is 0.361 e. The summed E-state index contributed by atoms with van der Waals surface area (Å²) in [6.07, 6.45) is 0.739. The fourth-order valence-electron chi connectivity index (χ4n) is 3.34. The molecule has 1 saturated heterocycles. The maximum atomic E-state index is 13.3. The van der Waals surface area contributed by atoms with Gasteiger partial charge in [0.05, 0.1) is 10.6 Å². The maximum absolute atomic E-state index is 13.3. The number of nitrogens with zero attached hydrogens (tertiary/aromatic N) is 3. The zero-order valence-corrected chi connectivity index (χ0v) is 16.1. The first-order valence-electron chi connectivity index (χ1n) is 8.69. The van der Waals surface area contributed by atoms with Crippen LogP contribution in [0.2, 0.25) is 0 Å². The molecule has 0 aliphatic carbocycles. The Morgan fingerprint density at radius 1 is 1.15 bits per heavy atom. The third-order valence-electron chi connectivity index (χ3n) is 4.87. The Morgan fingerprint density at radius 3 is 2.58 bits per heavy atom. The van der Waals surface area contributed by atoms with E-state index >= 15 is 0 Å². The van der Waals surface area contributed by atoms with Crippen molar-refractivity contribution in [3.63, 3.8) is 0 Å². The van der Waals surface area contributed by atoms with Gasteiger partial charge in [0.15, 0.2) is 0 Å². The van der Waals surface area contributed by atoms with Gasteiger partial charge in [-0.1, -0.05) is 5.16 Å². The summed E-state index contributed by atoms with van der Waals surface area (Å²) in [5, 5.41) is 3.98. The summed E-state index contributed by atoms with van der Waals surface area (Å²) in [5.74, 6) is 0.376. The molecular formula is C18H24FN3O3S. The van der Waals surface area contributed by atoms with Crippen molar-refractivity contribution in [1.29, 1.82) is 0 Å². The van der Waals surface area contributed by atoms with Gasteiger partial charge < -0.3 is 4.52 Å². The summed E-state index contributed by atoms with van der Waals surface area (Å²) in [6.45, 7) is 8.42. The first kappa shape index (κ1) is 19.0. The maximum Gasteiger partial charge on any atom is 0.243 e. The van der Waals surface area contributed by atoms with Crippen molar-refractivity contribution in [1.82, 2.24) is 14.4 Å². The number of aryl methyl sites for hydroxylation is 3. The number of aromatic nitrogens is 1. The Kier molecular flexibility index (Phi) is 5.45. The van der Waals surface area contributed by atoms with E-state index in [0.29, 0.717) is 31.7 Å². The van der Waals surface area contributed by atoms with E-state index in [1.807, 2.05) is 13.8 Å².